The molecule has 2 aromatic carbocycles. The number of fused-ring (bicyclic) bond motifs is 1. The molecule has 150 valence electrons. The summed E-state index contributed by atoms with van der Waals surface area (Å²) in [6, 6.07) is 18.9. The van der Waals surface area contributed by atoms with Gasteiger partial charge in [-0.15, -0.1) is 0 Å². The van der Waals surface area contributed by atoms with Crippen LogP contribution in [-0.4, -0.2) is 20.6 Å². The van der Waals surface area contributed by atoms with Gasteiger partial charge in [0.2, 0.25) is 0 Å². The highest BCUT2D eigenvalue weighted by Crippen LogP contribution is 2.40. The summed E-state index contributed by atoms with van der Waals surface area (Å²) in [6.45, 7) is 2.94. The minimum atomic E-state index is -0.898. The first-order valence-electron chi connectivity index (χ1n) is 10.4. The van der Waals surface area contributed by atoms with E-state index >= 15 is 0 Å². The quantitative estimate of drug-likeness (QED) is 0.464. The SMILES string of the molecule is Cc1cccc(Cn2ccc3cc(Cc4ncc(C5CC5)cc4C(=O)O)ccc32)c1. The smallest absolute Gasteiger partial charge is 0.337 e. The molecule has 0 spiro atoms. The number of rotatable bonds is 6. The Morgan fingerprint density at radius 2 is 1.97 bits per heavy atom. The third-order valence-corrected chi connectivity index (χ3v) is 5.91. The summed E-state index contributed by atoms with van der Waals surface area (Å²) in [4.78, 5) is 16.3. The van der Waals surface area contributed by atoms with Crippen LogP contribution < -0.4 is 0 Å². The average Bonchev–Trinajstić information content (AvgIpc) is 3.50. The molecule has 4 nitrogen and oxygen atoms in total. The molecule has 4 heteroatoms. The van der Waals surface area contributed by atoms with Crippen LogP contribution in [0.2, 0.25) is 0 Å². The molecule has 30 heavy (non-hydrogen) atoms. The fraction of sp³-hybridized carbons (Fsp3) is 0.231. The van der Waals surface area contributed by atoms with Crippen molar-refractivity contribution in [1.82, 2.24) is 9.55 Å². The molecule has 0 amide bonds. The molecule has 1 aliphatic rings. The standard InChI is InChI=1S/C26H24N2O2/c1-17-3-2-4-19(11-17)16-28-10-9-21-12-18(5-8-25(21)28)13-24-23(26(29)30)14-22(15-27-24)20-6-7-20/h2-5,8-12,14-15,20H,6-7,13,16H2,1H3,(H,29,30). The monoisotopic (exact) mass is 396 g/mol. The van der Waals surface area contributed by atoms with Crippen LogP contribution in [0.25, 0.3) is 10.9 Å². The Morgan fingerprint density at radius 1 is 1.10 bits per heavy atom. The highest BCUT2D eigenvalue weighted by atomic mass is 16.4. The van der Waals surface area contributed by atoms with Crippen molar-refractivity contribution in [2.24, 2.45) is 0 Å². The molecule has 0 aliphatic heterocycles. The maximum absolute atomic E-state index is 11.8. The molecule has 0 unspecified atom stereocenters. The molecule has 0 radical (unpaired) electrons. The highest BCUT2D eigenvalue weighted by Gasteiger charge is 2.25. The predicted octanol–water partition coefficient (Wildman–Crippen LogP) is 5.56. The predicted molar refractivity (Wildman–Crippen MR) is 118 cm³/mol. The number of benzene rings is 2. The summed E-state index contributed by atoms with van der Waals surface area (Å²) in [6.07, 6.45) is 6.76. The van der Waals surface area contributed by atoms with Gasteiger partial charge in [-0.25, -0.2) is 4.79 Å². The lowest BCUT2D eigenvalue weighted by Gasteiger charge is -2.09. The van der Waals surface area contributed by atoms with Gasteiger partial charge in [-0.1, -0.05) is 35.9 Å². The molecule has 5 rings (SSSR count). The van der Waals surface area contributed by atoms with Crippen LogP contribution in [-0.2, 0) is 13.0 Å². The number of aryl methyl sites for hydroxylation is 1. The lowest BCUT2D eigenvalue weighted by atomic mass is 10.0. The van der Waals surface area contributed by atoms with Gasteiger partial charge in [-0.05, 0) is 72.0 Å². The number of pyridine rings is 1. The first kappa shape index (κ1) is 18.6. The van der Waals surface area contributed by atoms with E-state index in [1.807, 2.05) is 12.3 Å². The van der Waals surface area contributed by atoms with Crippen molar-refractivity contribution in [3.63, 3.8) is 0 Å². The molecule has 1 fully saturated rings. The normalized spacial score (nSPS) is 13.6. The number of hydrogen-bond acceptors (Lipinski definition) is 2. The number of aromatic carboxylic acids is 1. The molecule has 2 aromatic heterocycles. The van der Waals surface area contributed by atoms with Gasteiger partial charge in [-0.2, -0.15) is 0 Å². The van der Waals surface area contributed by atoms with Crippen LogP contribution in [0.5, 0.6) is 0 Å². The van der Waals surface area contributed by atoms with Crippen molar-refractivity contribution in [1.29, 1.82) is 0 Å². The average molecular weight is 396 g/mol. The number of carboxylic acids is 1. The molecule has 4 aromatic rings. The molecule has 1 aliphatic carbocycles. The van der Waals surface area contributed by atoms with Gasteiger partial charge in [-0.3, -0.25) is 4.98 Å². The fourth-order valence-electron chi connectivity index (χ4n) is 4.17. The number of aromatic nitrogens is 2. The van der Waals surface area contributed by atoms with Gasteiger partial charge >= 0.3 is 5.97 Å². The molecular weight excluding hydrogens is 372 g/mol. The molecule has 1 saturated carbocycles. The minimum absolute atomic E-state index is 0.330. The van der Waals surface area contributed by atoms with Gasteiger partial charge in [0.05, 0.1) is 11.3 Å². The Labute approximate surface area is 175 Å². The van der Waals surface area contributed by atoms with Crippen molar-refractivity contribution >= 4 is 16.9 Å². The summed E-state index contributed by atoms with van der Waals surface area (Å²) in [5, 5.41) is 10.8. The largest absolute Gasteiger partial charge is 0.478 e. The number of hydrogen-bond donors (Lipinski definition) is 1. The van der Waals surface area contributed by atoms with Gasteiger partial charge < -0.3 is 9.67 Å². The second-order valence-corrected chi connectivity index (χ2v) is 8.34. The molecule has 0 saturated heterocycles. The Morgan fingerprint density at radius 3 is 2.73 bits per heavy atom. The van der Waals surface area contributed by atoms with E-state index in [9.17, 15) is 9.90 Å². The third-order valence-electron chi connectivity index (χ3n) is 5.91. The van der Waals surface area contributed by atoms with Crippen molar-refractivity contribution in [3.05, 3.63) is 101 Å². The van der Waals surface area contributed by atoms with E-state index in [0.29, 0.717) is 23.6 Å². The summed E-state index contributed by atoms with van der Waals surface area (Å²) in [5.41, 5.74) is 6.81. The number of carbonyl (C=O) groups is 1. The third kappa shape index (κ3) is 3.73. The van der Waals surface area contributed by atoms with Crippen molar-refractivity contribution < 1.29 is 9.90 Å². The lowest BCUT2D eigenvalue weighted by Crippen LogP contribution is -2.07. The van der Waals surface area contributed by atoms with Crippen LogP contribution in [0.1, 0.15) is 57.1 Å². The fourth-order valence-corrected chi connectivity index (χ4v) is 4.17. The summed E-state index contributed by atoms with van der Waals surface area (Å²) in [7, 11) is 0. The number of carboxylic acid groups (broad SMARTS) is 1. The van der Waals surface area contributed by atoms with Crippen LogP contribution >= 0.6 is 0 Å². The highest BCUT2D eigenvalue weighted by molar-refractivity contribution is 5.89. The van der Waals surface area contributed by atoms with Crippen molar-refractivity contribution in [3.8, 4) is 0 Å². The zero-order valence-corrected chi connectivity index (χ0v) is 17.0. The zero-order valence-electron chi connectivity index (χ0n) is 17.0. The second-order valence-electron chi connectivity index (χ2n) is 8.34. The minimum Gasteiger partial charge on any atom is -0.478 e. The van der Waals surface area contributed by atoms with E-state index in [4.69, 9.17) is 0 Å². The Hall–Kier alpha value is -3.40. The Bertz CT molecular complexity index is 1250. The summed E-state index contributed by atoms with van der Waals surface area (Å²) < 4.78 is 2.25. The molecule has 1 N–H and O–H groups in total. The molecule has 0 bridgehead atoms. The van der Waals surface area contributed by atoms with Gasteiger partial charge in [0.25, 0.3) is 0 Å². The Balaban J connectivity index is 1.42. The van der Waals surface area contributed by atoms with E-state index in [0.717, 1.165) is 35.9 Å². The van der Waals surface area contributed by atoms with Gasteiger partial charge in [0, 0.05) is 30.9 Å². The van der Waals surface area contributed by atoms with Crippen LogP contribution in [0.15, 0.2) is 67.0 Å². The zero-order chi connectivity index (χ0) is 20.7. The first-order valence-corrected chi connectivity index (χ1v) is 10.4. The van der Waals surface area contributed by atoms with Crippen LogP contribution in [0.4, 0.5) is 0 Å². The first-order chi connectivity index (χ1) is 14.6. The van der Waals surface area contributed by atoms with E-state index in [1.54, 1.807) is 0 Å². The summed E-state index contributed by atoms with van der Waals surface area (Å²) in [5.74, 6) is -0.403. The maximum atomic E-state index is 11.8. The van der Waals surface area contributed by atoms with Gasteiger partial charge in [0.1, 0.15) is 0 Å². The van der Waals surface area contributed by atoms with E-state index in [2.05, 4.69) is 71.2 Å². The molecule has 0 atom stereocenters. The van der Waals surface area contributed by atoms with Crippen LogP contribution in [0.3, 0.4) is 0 Å². The number of nitrogens with zero attached hydrogens (tertiary/aromatic N) is 2. The summed E-state index contributed by atoms with van der Waals surface area (Å²) >= 11 is 0. The molecular formula is C26H24N2O2. The van der Waals surface area contributed by atoms with E-state index in [1.165, 1.54) is 16.6 Å². The van der Waals surface area contributed by atoms with E-state index in [-0.39, 0.29) is 0 Å². The van der Waals surface area contributed by atoms with Crippen molar-refractivity contribution in [2.45, 2.75) is 38.6 Å². The molecule has 2 heterocycles. The van der Waals surface area contributed by atoms with Gasteiger partial charge in [0.15, 0.2) is 0 Å². The van der Waals surface area contributed by atoms with Crippen molar-refractivity contribution in [2.75, 3.05) is 0 Å². The topological polar surface area (TPSA) is 55.1 Å². The van der Waals surface area contributed by atoms with E-state index < -0.39 is 5.97 Å². The lowest BCUT2D eigenvalue weighted by molar-refractivity contribution is 0.0695. The van der Waals surface area contributed by atoms with Crippen LogP contribution in [0, 0.1) is 6.92 Å². The Kier molecular flexibility index (Phi) is 4.62. The second kappa shape index (κ2) is 7.45. The maximum Gasteiger partial charge on any atom is 0.337 e.